The molecule has 0 aliphatic heterocycles. The molecule has 0 radical (unpaired) electrons. The summed E-state index contributed by atoms with van der Waals surface area (Å²) >= 11 is 0. The fourth-order valence-corrected chi connectivity index (χ4v) is 1.13. The van der Waals surface area contributed by atoms with E-state index in [1.165, 1.54) is 12.8 Å². The van der Waals surface area contributed by atoms with Crippen LogP contribution in [-0.2, 0) is 0 Å². The van der Waals surface area contributed by atoms with Crippen molar-refractivity contribution in [2.24, 2.45) is 4.99 Å². The molecule has 0 aromatic heterocycles. The van der Waals surface area contributed by atoms with Gasteiger partial charge in [-0.2, -0.15) is 0 Å². The first kappa shape index (κ1) is 14.2. The Balaban J connectivity index is 3.54. The minimum atomic E-state index is 0.910. The molecule has 0 bridgehead atoms. The van der Waals surface area contributed by atoms with Gasteiger partial charge in [0.1, 0.15) is 0 Å². The molecule has 0 aliphatic carbocycles. The van der Waals surface area contributed by atoms with Crippen LogP contribution in [0.25, 0.3) is 0 Å². The average Bonchev–Trinajstić information content (AvgIpc) is 2.26. The monoisotopic (exact) mass is 214 g/mol. The maximum atomic E-state index is 4.16. The molecular formula is C11H26N4. The lowest BCUT2D eigenvalue weighted by molar-refractivity contribution is 0.357. The molecule has 0 saturated carbocycles. The molecule has 4 heteroatoms. The molecule has 0 aromatic carbocycles. The summed E-state index contributed by atoms with van der Waals surface area (Å²) in [6.45, 7) is 8.42. The summed E-state index contributed by atoms with van der Waals surface area (Å²) < 4.78 is 0. The van der Waals surface area contributed by atoms with Crippen LogP contribution in [0.3, 0.4) is 0 Å². The molecule has 0 aromatic rings. The van der Waals surface area contributed by atoms with E-state index in [1.807, 2.05) is 7.05 Å². The number of hydrogen-bond donors (Lipinski definition) is 2. The first-order chi connectivity index (χ1) is 7.24. The maximum absolute atomic E-state index is 4.16. The molecule has 0 rings (SSSR count). The molecule has 0 heterocycles. The van der Waals surface area contributed by atoms with Crippen molar-refractivity contribution < 1.29 is 0 Å². The largest absolute Gasteiger partial charge is 0.356 e. The Morgan fingerprint density at radius 3 is 2.40 bits per heavy atom. The third kappa shape index (κ3) is 8.24. The van der Waals surface area contributed by atoms with Gasteiger partial charge in [-0.05, 0) is 20.0 Å². The SMILES string of the molecule is CCCCNC(=NC)NCCN(C)CC. The van der Waals surface area contributed by atoms with Crippen LogP contribution in [0.5, 0.6) is 0 Å². The van der Waals surface area contributed by atoms with Gasteiger partial charge in [0, 0.05) is 26.7 Å². The van der Waals surface area contributed by atoms with Gasteiger partial charge in [0.2, 0.25) is 0 Å². The second-order valence-electron chi connectivity index (χ2n) is 3.68. The van der Waals surface area contributed by atoms with Crippen LogP contribution < -0.4 is 10.6 Å². The zero-order valence-electron chi connectivity index (χ0n) is 10.6. The van der Waals surface area contributed by atoms with E-state index in [0.29, 0.717) is 0 Å². The highest BCUT2D eigenvalue weighted by atomic mass is 15.2. The van der Waals surface area contributed by atoms with Gasteiger partial charge in [-0.25, -0.2) is 0 Å². The summed E-state index contributed by atoms with van der Waals surface area (Å²) in [6.07, 6.45) is 2.40. The summed E-state index contributed by atoms with van der Waals surface area (Å²) in [4.78, 5) is 6.43. The predicted molar refractivity (Wildman–Crippen MR) is 67.4 cm³/mol. The Morgan fingerprint density at radius 1 is 1.20 bits per heavy atom. The van der Waals surface area contributed by atoms with Crippen molar-refractivity contribution >= 4 is 5.96 Å². The van der Waals surface area contributed by atoms with Gasteiger partial charge in [-0.3, -0.25) is 4.99 Å². The van der Waals surface area contributed by atoms with E-state index in [2.05, 4.69) is 41.4 Å². The molecule has 0 amide bonds. The van der Waals surface area contributed by atoms with Crippen LogP contribution in [0, 0.1) is 0 Å². The van der Waals surface area contributed by atoms with Crippen LogP contribution in [-0.4, -0.2) is 51.1 Å². The van der Waals surface area contributed by atoms with Gasteiger partial charge in [0.05, 0.1) is 0 Å². The molecule has 90 valence electrons. The van der Waals surface area contributed by atoms with Crippen LogP contribution in [0.4, 0.5) is 0 Å². The van der Waals surface area contributed by atoms with Gasteiger partial charge < -0.3 is 15.5 Å². The third-order valence-electron chi connectivity index (χ3n) is 2.37. The van der Waals surface area contributed by atoms with Crippen LogP contribution in [0.1, 0.15) is 26.7 Å². The Labute approximate surface area is 94.1 Å². The maximum Gasteiger partial charge on any atom is 0.191 e. The lowest BCUT2D eigenvalue weighted by Crippen LogP contribution is -2.41. The van der Waals surface area contributed by atoms with E-state index in [9.17, 15) is 0 Å². The smallest absolute Gasteiger partial charge is 0.191 e. The lowest BCUT2D eigenvalue weighted by atomic mass is 10.3. The van der Waals surface area contributed by atoms with Crippen molar-refractivity contribution in [3.05, 3.63) is 0 Å². The van der Waals surface area contributed by atoms with Gasteiger partial charge in [0.25, 0.3) is 0 Å². The minimum absolute atomic E-state index is 0.910. The fraction of sp³-hybridized carbons (Fsp3) is 0.909. The van der Waals surface area contributed by atoms with E-state index in [0.717, 1.165) is 32.1 Å². The highest BCUT2D eigenvalue weighted by Crippen LogP contribution is 1.82. The Kier molecular flexibility index (Phi) is 9.27. The highest BCUT2D eigenvalue weighted by Gasteiger charge is 1.97. The van der Waals surface area contributed by atoms with E-state index in [4.69, 9.17) is 0 Å². The number of nitrogens with one attached hydrogen (secondary N) is 2. The zero-order valence-corrected chi connectivity index (χ0v) is 10.6. The number of hydrogen-bond acceptors (Lipinski definition) is 2. The zero-order chi connectivity index (χ0) is 11.5. The molecule has 0 unspecified atom stereocenters. The molecule has 0 spiro atoms. The molecule has 4 nitrogen and oxygen atoms in total. The number of likely N-dealkylation sites (N-methyl/N-ethyl adjacent to an activating group) is 1. The summed E-state index contributed by atoms with van der Waals surface area (Å²) in [5, 5.41) is 6.57. The number of guanidine groups is 1. The highest BCUT2D eigenvalue weighted by molar-refractivity contribution is 5.79. The van der Waals surface area contributed by atoms with E-state index in [1.54, 1.807) is 0 Å². The van der Waals surface area contributed by atoms with E-state index >= 15 is 0 Å². The summed E-state index contributed by atoms with van der Waals surface area (Å²) in [7, 11) is 3.93. The molecule has 2 N–H and O–H groups in total. The number of rotatable bonds is 7. The first-order valence-electron chi connectivity index (χ1n) is 5.87. The molecular weight excluding hydrogens is 188 g/mol. The van der Waals surface area contributed by atoms with Gasteiger partial charge in [-0.1, -0.05) is 20.3 Å². The van der Waals surface area contributed by atoms with Gasteiger partial charge in [0.15, 0.2) is 5.96 Å². The standard InChI is InChI=1S/C11H26N4/c1-5-7-8-13-11(12-3)14-9-10-15(4)6-2/h5-10H2,1-4H3,(H2,12,13,14). The second-order valence-corrected chi connectivity index (χ2v) is 3.68. The number of unbranched alkanes of at least 4 members (excludes halogenated alkanes) is 1. The predicted octanol–water partition coefficient (Wildman–Crippen LogP) is 0.903. The lowest BCUT2D eigenvalue weighted by Gasteiger charge is -2.16. The van der Waals surface area contributed by atoms with Crippen molar-refractivity contribution in [1.29, 1.82) is 0 Å². The Hall–Kier alpha value is -0.770. The average molecular weight is 214 g/mol. The van der Waals surface area contributed by atoms with E-state index in [-0.39, 0.29) is 0 Å². The Morgan fingerprint density at radius 2 is 1.87 bits per heavy atom. The van der Waals surface area contributed by atoms with Crippen molar-refractivity contribution in [2.75, 3.05) is 40.3 Å². The number of nitrogens with zero attached hydrogens (tertiary/aromatic N) is 2. The van der Waals surface area contributed by atoms with E-state index < -0.39 is 0 Å². The quantitative estimate of drug-likeness (QED) is 0.376. The normalized spacial score (nSPS) is 11.9. The van der Waals surface area contributed by atoms with Crippen molar-refractivity contribution in [3.63, 3.8) is 0 Å². The fourth-order valence-electron chi connectivity index (χ4n) is 1.13. The van der Waals surface area contributed by atoms with Crippen LogP contribution in [0.2, 0.25) is 0 Å². The Bertz CT molecular complexity index is 168. The first-order valence-corrected chi connectivity index (χ1v) is 5.87. The molecule has 15 heavy (non-hydrogen) atoms. The molecule has 0 atom stereocenters. The third-order valence-corrected chi connectivity index (χ3v) is 2.37. The second kappa shape index (κ2) is 9.77. The molecule has 0 fully saturated rings. The van der Waals surface area contributed by atoms with Crippen molar-refractivity contribution in [2.45, 2.75) is 26.7 Å². The van der Waals surface area contributed by atoms with Crippen molar-refractivity contribution in [1.82, 2.24) is 15.5 Å². The summed E-state index contributed by atoms with van der Waals surface area (Å²) in [5.41, 5.74) is 0. The molecule has 0 aliphatic rings. The van der Waals surface area contributed by atoms with Gasteiger partial charge in [-0.15, -0.1) is 0 Å². The topological polar surface area (TPSA) is 39.7 Å². The van der Waals surface area contributed by atoms with Crippen LogP contribution >= 0.6 is 0 Å². The van der Waals surface area contributed by atoms with Crippen LogP contribution in [0.15, 0.2) is 4.99 Å². The number of aliphatic imine (C=N–C) groups is 1. The summed E-state index contributed by atoms with van der Waals surface area (Å²) in [5.74, 6) is 0.910. The van der Waals surface area contributed by atoms with Gasteiger partial charge >= 0.3 is 0 Å². The van der Waals surface area contributed by atoms with Crippen molar-refractivity contribution in [3.8, 4) is 0 Å². The molecule has 0 saturated heterocycles. The summed E-state index contributed by atoms with van der Waals surface area (Å²) in [6, 6.07) is 0. The minimum Gasteiger partial charge on any atom is -0.356 e.